The van der Waals surface area contributed by atoms with E-state index in [2.05, 4.69) is 42.7 Å². The van der Waals surface area contributed by atoms with Crippen LogP contribution in [-0.2, 0) is 11.0 Å². The molecule has 0 bridgehead atoms. The van der Waals surface area contributed by atoms with E-state index in [0.29, 0.717) is 16.9 Å². The summed E-state index contributed by atoms with van der Waals surface area (Å²) in [5.41, 5.74) is 6.11. The molecule has 1 saturated carbocycles. The van der Waals surface area contributed by atoms with Gasteiger partial charge in [-0.2, -0.15) is 13.2 Å². The first kappa shape index (κ1) is 29.0. The van der Waals surface area contributed by atoms with Gasteiger partial charge in [-0.05, 0) is 62.8 Å². The van der Waals surface area contributed by atoms with Gasteiger partial charge in [-0.25, -0.2) is 15.0 Å². The van der Waals surface area contributed by atoms with E-state index in [1.165, 1.54) is 30.6 Å². The second-order valence-corrected chi connectivity index (χ2v) is 9.36. The summed E-state index contributed by atoms with van der Waals surface area (Å²) in [4.78, 5) is 36.5. The molecule has 3 aromatic rings. The lowest BCUT2D eigenvalue weighted by Gasteiger charge is -2.30. The number of amides is 2. The lowest BCUT2D eigenvalue weighted by atomic mass is 9.91. The first-order valence-electron chi connectivity index (χ1n) is 12.7. The van der Waals surface area contributed by atoms with E-state index in [4.69, 9.17) is 11.1 Å². The lowest BCUT2D eigenvalue weighted by molar-refractivity contribution is -0.137. The van der Waals surface area contributed by atoms with Gasteiger partial charge in [0, 0.05) is 29.4 Å². The highest BCUT2D eigenvalue weighted by atomic mass is 19.4. The van der Waals surface area contributed by atoms with Gasteiger partial charge >= 0.3 is 6.18 Å². The number of benzene rings is 1. The zero-order valence-corrected chi connectivity index (χ0v) is 22.0. The van der Waals surface area contributed by atoms with E-state index in [9.17, 15) is 22.8 Å². The molecule has 0 saturated heterocycles. The Kier molecular flexibility index (Phi) is 8.81. The van der Waals surface area contributed by atoms with Crippen molar-refractivity contribution < 1.29 is 22.8 Å². The minimum atomic E-state index is -4.57. The summed E-state index contributed by atoms with van der Waals surface area (Å²) in [7, 11) is 0. The van der Waals surface area contributed by atoms with Crippen molar-refractivity contribution in [1.29, 1.82) is 5.41 Å². The summed E-state index contributed by atoms with van der Waals surface area (Å²) in [6, 6.07) is 7.58. The second kappa shape index (κ2) is 12.5. The van der Waals surface area contributed by atoms with Crippen molar-refractivity contribution in [2.75, 3.05) is 16.4 Å². The third-order valence-corrected chi connectivity index (χ3v) is 6.53. The summed E-state index contributed by atoms with van der Waals surface area (Å²) in [6.07, 6.45) is 0.717. The number of nitrogens with two attached hydrogens (primary N) is 1. The Morgan fingerprint density at radius 3 is 2.32 bits per heavy atom. The number of carbonyl (C=O) groups is 2. The molecule has 212 valence electrons. The van der Waals surface area contributed by atoms with Gasteiger partial charge < -0.3 is 21.7 Å². The van der Waals surface area contributed by atoms with Crippen molar-refractivity contribution in [3.63, 3.8) is 0 Å². The number of aromatic nitrogens is 3. The van der Waals surface area contributed by atoms with Crippen LogP contribution in [-0.4, -0.2) is 44.6 Å². The molecule has 10 nitrogen and oxygen atoms in total. The van der Waals surface area contributed by atoms with Crippen LogP contribution in [0.1, 0.15) is 59.7 Å². The number of carbonyl (C=O) groups excluding carboxylic acids is 2. The van der Waals surface area contributed by atoms with Gasteiger partial charge in [0.05, 0.1) is 16.8 Å². The zero-order chi connectivity index (χ0) is 29.6. The summed E-state index contributed by atoms with van der Waals surface area (Å²) < 4.78 is 38.9. The highest BCUT2D eigenvalue weighted by Gasteiger charge is 2.31. The maximum atomic E-state index is 13.0. The Hall–Kier alpha value is -4.99. The second-order valence-electron chi connectivity index (χ2n) is 9.36. The molecule has 2 heterocycles. The van der Waals surface area contributed by atoms with E-state index in [1.807, 2.05) is 0 Å². The van der Waals surface area contributed by atoms with Crippen LogP contribution in [0.4, 0.5) is 30.6 Å². The number of hydrogen-bond donors (Lipinski definition) is 5. The summed E-state index contributed by atoms with van der Waals surface area (Å²) in [5, 5.41) is 17.4. The first-order chi connectivity index (χ1) is 19.5. The van der Waals surface area contributed by atoms with Crippen molar-refractivity contribution in [1.82, 2.24) is 20.3 Å². The molecule has 1 fully saturated rings. The molecule has 0 unspecified atom stereocenters. The standard InChI is InChI=1S/C28H27F3N8O2/c1-2-3-22(40)37-19-8-10-20(11-9-19)38-26-23(25(33)35-15-36-26)24(32)16-4-6-17(7-5-16)27(41)39-21-14-18(12-13-34-21)28(29,30)31/h4-7,12-15,19-20,32H,8-11H2,1H3,(H,37,40)(H,34,39,41)(H3,33,35,36,38). The Morgan fingerprint density at radius 2 is 1.66 bits per heavy atom. The minimum Gasteiger partial charge on any atom is -0.383 e. The highest BCUT2D eigenvalue weighted by Crippen LogP contribution is 2.30. The average Bonchev–Trinajstić information content (AvgIpc) is 2.94. The fraction of sp³-hybridized carbons (Fsp3) is 0.286. The smallest absolute Gasteiger partial charge is 0.383 e. The number of halogens is 3. The van der Waals surface area contributed by atoms with Crippen LogP contribution in [0.25, 0.3) is 0 Å². The number of pyridine rings is 1. The normalized spacial score (nSPS) is 16.6. The van der Waals surface area contributed by atoms with Crippen LogP contribution >= 0.6 is 0 Å². The Morgan fingerprint density at radius 1 is 1.00 bits per heavy atom. The molecule has 41 heavy (non-hydrogen) atoms. The Balaban J connectivity index is 1.43. The van der Waals surface area contributed by atoms with Crippen LogP contribution in [0.2, 0.25) is 0 Å². The number of hydrogen-bond acceptors (Lipinski definition) is 8. The highest BCUT2D eigenvalue weighted by molar-refractivity contribution is 6.16. The lowest BCUT2D eigenvalue weighted by Crippen LogP contribution is -2.39. The molecule has 0 aliphatic heterocycles. The van der Waals surface area contributed by atoms with Crippen molar-refractivity contribution in [2.45, 2.75) is 50.9 Å². The van der Waals surface area contributed by atoms with Gasteiger partial charge in [-0.15, -0.1) is 0 Å². The number of anilines is 3. The molecular weight excluding hydrogens is 537 g/mol. The number of nitrogens with zero attached hydrogens (tertiary/aromatic N) is 3. The summed E-state index contributed by atoms with van der Waals surface area (Å²) in [5.74, 6) is 4.37. The zero-order valence-electron chi connectivity index (χ0n) is 22.0. The fourth-order valence-electron chi connectivity index (χ4n) is 4.46. The Labute approximate surface area is 233 Å². The van der Waals surface area contributed by atoms with Crippen LogP contribution in [0.3, 0.4) is 0 Å². The molecule has 6 N–H and O–H groups in total. The average molecular weight is 565 g/mol. The van der Waals surface area contributed by atoms with E-state index in [0.717, 1.165) is 44.0 Å². The molecule has 2 aromatic heterocycles. The van der Waals surface area contributed by atoms with Crippen molar-refractivity contribution in [3.05, 3.63) is 71.2 Å². The number of rotatable bonds is 7. The molecule has 2 amide bonds. The summed E-state index contributed by atoms with van der Waals surface area (Å²) >= 11 is 0. The molecule has 1 aliphatic rings. The molecule has 1 aliphatic carbocycles. The number of alkyl halides is 3. The summed E-state index contributed by atoms with van der Waals surface area (Å²) in [6.45, 7) is 1.61. The first-order valence-corrected chi connectivity index (χ1v) is 12.7. The predicted molar refractivity (Wildman–Crippen MR) is 147 cm³/mol. The third kappa shape index (κ3) is 7.36. The van der Waals surface area contributed by atoms with Crippen molar-refractivity contribution in [2.24, 2.45) is 0 Å². The van der Waals surface area contributed by atoms with Crippen LogP contribution < -0.4 is 21.7 Å². The largest absolute Gasteiger partial charge is 0.416 e. The Bertz CT molecular complexity index is 1510. The van der Waals surface area contributed by atoms with Gasteiger partial charge in [0.25, 0.3) is 11.8 Å². The van der Waals surface area contributed by atoms with E-state index >= 15 is 0 Å². The van der Waals surface area contributed by atoms with Crippen molar-refractivity contribution >= 4 is 35.0 Å². The van der Waals surface area contributed by atoms with E-state index < -0.39 is 17.6 Å². The third-order valence-electron chi connectivity index (χ3n) is 6.53. The number of nitrogen functional groups attached to an aromatic ring is 1. The van der Waals surface area contributed by atoms with Gasteiger partial charge in [0.2, 0.25) is 0 Å². The van der Waals surface area contributed by atoms with Crippen LogP contribution in [0.5, 0.6) is 0 Å². The molecule has 4 rings (SSSR count). The van der Waals surface area contributed by atoms with Gasteiger partial charge in [0.15, 0.2) is 0 Å². The quantitative estimate of drug-likeness (QED) is 0.214. The topological polar surface area (TPSA) is 159 Å². The van der Waals surface area contributed by atoms with Gasteiger partial charge in [-0.3, -0.25) is 15.0 Å². The fourth-order valence-corrected chi connectivity index (χ4v) is 4.46. The van der Waals surface area contributed by atoms with Gasteiger partial charge in [-0.1, -0.05) is 18.1 Å². The van der Waals surface area contributed by atoms with E-state index in [-0.39, 0.29) is 40.9 Å². The molecule has 0 atom stereocenters. The van der Waals surface area contributed by atoms with Crippen LogP contribution in [0.15, 0.2) is 48.9 Å². The van der Waals surface area contributed by atoms with Crippen molar-refractivity contribution in [3.8, 4) is 11.8 Å². The minimum absolute atomic E-state index is 0.0243. The van der Waals surface area contributed by atoms with E-state index in [1.54, 1.807) is 6.92 Å². The monoisotopic (exact) mass is 564 g/mol. The van der Waals surface area contributed by atoms with Crippen LogP contribution in [0, 0.1) is 17.3 Å². The molecule has 13 heteroatoms. The van der Waals surface area contributed by atoms with Gasteiger partial charge in [0.1, 0.15) is 23.8 Å². The molecular formula is C28H27F3N8O2. The predicted octanol–water partition coefficient (Wildman–Crippen LogP) is 4.00. The SMILES string of the molecule is CC#CC(=O)NC1CCC(Nc2ncnc(N)c2C(=N)c2ccc(C(=O)Nc3cc(C(F)(F)F)ccn3)cc2)CC1. The molecule has 0 radical (unpaired) electrons. The molecule has 0 spiro atoms. The number of nitrogens with one attached hydrogen (secondary N) is 4. The maximum Gasteiger partial charge on any atom is 0.416 e. The molecule has 1 aromatic carbocycles. The maximum absolute atomic E-state index is 13.0.